The van der Waals surface area contributed by atoms with E-state index in [0.717, 1.165) is 6.92 Å². The first kappa shape index (κ1) is 18.9. The summed E-state index contributed by atoms with van der Waals surface area (Å²) in [6.07, 6.45) is -1.50. The van der Waals surface area contributed by atoms with E-state index in [-0.39, 0.29) is 0 Å². The number of carbonyl (C=O) groups is 2. The maximum absolute atomic E-state index is 11.8. The molecule has 0 saturated heterocycles. The Morgan fingerprint density at radius 2 is 1.80 bits per heavy atom. The fourth-order valence-electron chi connectivity index (χ4n) is 2.14. The number of halogens is 2. The number of fused-ring (bicyclic) bond motifs is 1. The number of hydrogen-bond acceptors (Lipinski definition) is 4. The minimum atomic E-state index is -1.50. The molecule has 0 aromatic heterocycles. The molecule has 2 aromatic rings. The molecule has 2 aromatic carbocycles. The summed E-state index contributed by atoms with van der Waals surface area (Å²) in [5.41, 5.74) is 2.18. The Morgan fingerprint density at radius 1 is 1.16 bits per heavy atom. The van der Waals surface area contributed by atoms with Gasteiger partial charge in [-0.05, 0) is 24.3 Å². The quantitative estimate of drug-likeness (QED) is 0.707. The molecule has 25 heavy (non-hydrogen) atoms. The second-order valence-corrected chi connectivity index (χ2v) is 5.87. The van der Waals surface area contributed by atoms with Crippen molar-refractivity contribution in [2.75, 3.05) is 5.32 Å². The number of benzodiazepines with no additional fused rings is 1. The van der Waals surface area contributed by atoms with Gasteiger partial charge in [0.2, 0.25) is 6.23 Å². The number of carboxylic acids is 1. The normalized spacial score (nSPS) is 15.8. The number of carbonyl (C=O) groups excluding carboxylic acids is 1. The van der Waals surface area contributed by atoms with Crippen LogP contribution in [-0.2, 0) is 9.59 Å². The van der Waals surface area contributed by atoms with Crippen LogP contribution in [-0.4, -0.2) is 34.0 Å². The van der Waals surface area contributed by atoms with Gasteiger partial charge in [0, 0.05) is 28.1 Å². The molecule has 1 amide bonds. The Kier molecular flexibility index (Phi) is 6.14. The number of hydrogen-bond donors (Lipinski definition) is 3. The van der Waals surface area contributed by atoms with Gasteiger partial charge in [-0.1, -0.05) is 41.4 Å². The third kappa shape index (κ3) is 4.79. The maximum Gasteiger partial charge on any atom is 0.300 e. The molecular formula is C17H14Cl2N2O4. The van der Waals surface area contributed by atoms with Gasteiger partial charge in [-0.25, -0.2) is 4.99 Å². The molecule has 1 heterocycles. The predicted molar refractivity (Wildman–Crippen MR) is 96.5 cm³/mol. The number of amides is 1. The number of benzene rings is 2. The molecule has 0 fully saturated rings. The van der Waals surface area contributed by atoms with Crippen LogP contribution in [0.25, 0.3) is 0 Å². The van der Waals surface area contributed by atoms with Crippen LogP contribution in [0.4, 0.5) is 5.69 Å². The van der Waals surface area contributed by atoms with Crippen LogP contribution in [0.3, 0.4) is 0 Å². The molecule has 6 nitrogen and oxygen atoms in total. The van der Waals surface area contributed by atoms with Gasteiger partial charge < -0.3 is 15.5 Å². The SMILES string of the molecule is CC(=O)O.O=C1Nc2ccc(Cl)cc2C(c2ccccc2Cl)=NC1O. The molecule has 1 unspecified atom stereocenters. The number of aliphatic hydroxyl groups excluding tert-OH is 1. The Hall–Kier alpha value is -2.41. The molecule has 1 atom stereocenters. The molecule has 0 saturated carbocycles. The van der Waals surface area contributed by atoms with Crippen molar-refractivity contribution in [2.24, 2.45) is 4.99 Å². The summed E-state index contributed by atoms with van der Waals surface area (Å²) in [5.74, 6) is -1.43. The van der Waals surface area contributed by atoms with Crippen LogP contribution in [0.15, 0.2) is 47.5 Å². The summed E-state index contributed by atoms with van der Waals surface area (Å²) in [6.45, 7) is 1.08. The number of aliphatic imine (C=N–C) groups is 1. The molecule has 3 rings (SSSR count). The van der Waals surface area contributed by atoms with Gasteiger partial charge in [0.1, 0.15) is 0 Å². The van der Waals surface area contributed by atoms with Gasteiger partial charge >= 0.3 is 0 Å². The topological polar surface area (TPSA) is 99.0 Å². The largest absolute Gasteiger partial charge is 0.481 e. The average molecular weight is 381 g/mol. The van der Waals surface area contributed by atoms with E-state index < -0.39 is 18.1 Å². The third-order valence-electron chi connectivity index (χ3n) is 3.11. The molecule has 3 N–H and O–H groups in total. The molecule has 1 aliphatic rings. The maximum atomic E-state index is 11.8. The van der Waals surface area contributed by atoms with Gasteiger partial charge in [-0.2, -0.15) is 0 Å². The monoisotopic (exact) mass is 380 g/mol. The van der Waals surface area contributed by atoms with Gasteiger partial charge in [0.05, 0.1) is 11.4 Å². The summed E-state index contributed by atoms with van der Waals surface area (Å²) in [6, 6.07) is 12.1. The van der Waals surface area contributed by atoms with Crippen LogP contribution < -0.4 is 5.32 Å². The van der Waals surface area contributed by atoms with Crippen LogP contribution in [0.5, 0.6) is 0 Å². The van der Waals surface area contributed by atoms with Gasteiger partial charge in [0.25, 0.3) is 11.9 Å². The standard InChI is InChI=1S/C15H10Cl2N2O2.C2H4O2/c16-8-5-6-12-10(7-8)13(19-15(21)14(20)18-12)9-3-1-2-4-11(9)17;1-2(3)4/h1-7,15,21H,(H,18,20);1H3,(H,3,4). The summed E-state index contributed by atoms with van der Waals surface area (Å²) in [5, 5.41) is 20.9. The van der Waals surface area contributed by atoms with Gasteiger partial charge in [-0.15, -0.1) is 0 Å². The minimum Gasteiger partial charge on any atom is -0.481 e. The van der Waals surface area contributed by atoms with E-state index in [0.29, 0.717) is 32.6 Å². The second kappa shape index (κ2) is 8.11. The van der Waals surface area contributed by atoms with E-state index in [1.807, 2.05) is 0 Å². The summed E-state index contributed by atoms with van der Waals surface area (Å²) < 4.78 is 0. The Morgan fingerprint density at radius 3 is 2.44 bits per heavy atom. The summed E-state index contributed by atoms with van der Waals surface area (Å²) in [7, 11) is 0. The fraction of sp³-hybridized carbons (Fsp3) is 0.118. The van der Waals surface area contributed by atoms with Crippen molar-refractivity contribution in [3.8, 4) is 0 Å². The first-order chi connectivity index (χ1) is 11.8. The van der Waals surface area contributed by atoms with E-state index in [1.54, 1.807) is 42.5 Å². The van der Waals surface area contributed by atoms with Crippen LogP contribution in [0, 0.1) is 0 Å². The Labute approximate surface area is 153 Å². The summed E-state index contributed by atoms with van der Waals surface area (Å²) in [4.78, 5) is 24.9. The van der Waals surface area contributed by atoms with E-state index in [1.165, 1.54) is 0 Å². The molecule has 1 aliphatic heterocycles. The van der Waals surface area contributed by atoms with Crippen molar-refractivity contribution in [1.29, 1.82) is 0 Å². The lowest BCUT2D eigenvalue weighted by Gasteiger charge is -2.11. The van der Waals surface area contributed by atoms with Crippen LogP contribution in [0.2, 0.25) is 10.0 Å². The zero-order chi connectivity index (χ0) is 18.6. The van der Waals surface area contributed by atoms with Crippen molar-refractivity contribution in [3.05, 3.63) is 63.6 Å². The number of rotatable bonds is 1. The number of aliphatic hydroxyl groups is 1. The van der Waals surface area contributed by atoms with E-state index in [2.05, 4.69) is 10.3 Å². The lowest BCUT2D eigenvalue weighted by Crippen LogP contribution is -2.24. The van der Waals surface area contributed by atoms with Crippen molar-refractivity contribution in [1.82, 2.24) is 0 Å². The molecule has 0 radical (unpaired) electrons. The van der Waals surface area contributed by atoms with Crippen LogP contribution in [0.1, 0.15) is 18.1 Å². The number of nitrogens with one attached hydrogen (secondary N) is 1. The van der Waals surface area contributed by atoms with E-state index in [4.69, 9.17) is 33.1 Å². The fourth-order valence-corrected chi connectivity index (χ4v) is 2.53. The molecule has 0 aliphatic carbocycles. The molecule has 8 heteroatoms. The smallest absolute Gasteiger partial charge is 0.300 e. The molecule has 0 spiro atoms. The number of nitrogens with zero attached hydrogens (tertiary/aromatic N) is 1. The highest BCUT2D eigenvalue weighted by atomic mass is 35.5. The highest BCUT2D eigenvalue weighted by molar-refractivity contribution is 6.36. The van der Waals surface area contributed by atoms with Crippen molar-refractivity contribution in [2.45, 2.75) is 13.2 Å². The lowest BCUT2D eigenvalue weighted by atomic mass is 10.0. The van der Waals surface area contributed by atoms with Crippen molar-refractivity contribution in [3.63, 3.8) is 0 Å². The van der Waals surface area contributed by atoms with Gasteiger partial charge in [0.15, 0.2) is 0 Å². The van der Waals surface area contributed by atoms with Crippen molar-refractivity contribution < 1.29 is 19.8 Å². The Balaban J connectivity index is 0.000000511. The Bertz CT molecular complexity index is 848. The first-order valence-electron chi connectivity index (χ1n) is 7.10. The zero-order valence-corrected chi connectivity index (χ0v) is 14.5. The highest BCUT2D eigenvalue weighted by Gasteiger charge is 2.25. The zero-order valence-electron chi connectivity index (χ0n) is 13.0. The highest BCUT2D eigenvalue weighted by Crippen LogP contribution is 2.29. The molecule has 130 valence electrons. The summed E-state index contributed by atoms with van der Waals surface area (Å²) >= 11 is 12.2. The molecule has 0 bridgehead atoms. The van der Waals surface area contributed by atoms with Crippen LogP contribution >= 0.6 is 23.2 Å². The van der Waals surface area contributed by atoms with E-state index >= 15 is 0 Å². The predicted octanol–water partition coefficient (Wildman–Crippen LogP) is 3.19. The number of anilines is 1. The lowest BCUT2D eigenvalue weighted by molar-refractivity contribution is -0.134. The molecular weight excluding hydrogens is 367 g/mol. The third-order valence-corrected chi connectivity index (χ3v) is 3.67. The van der Waals surface area contributed by atoms with Gasteiger partial charge in [-0.3, -0.25) is 9.59 Å². The average Bonchev–Trinajstić information content (AvgIpc) is 2.65. The number of carboxylic acid groups (broad SMARTS) is 1. The first-order valence-corrected chi connectivity index (χ1v) is 7.86. The van der Waals surface area contributed by atoms with Crippen molar-refractivity contribution >= 4 is 46.5 Å². The second-order valence-electron chi connectivity index (χ2n) is 5.03. The van der Waals surface area contributed by atoms with E-state index in [9.17, 15) is 9.90 Å². The minimum absolute atomic E-state index is 0.420. The number of aliphatic carboxylic acids is 1.